The lowest BCUT2D eigenvalue weighted by Gasteiger charge is -2.13. The van der Waals surface area contributed by atoms with E-state index in [1.807, 2.05) is 45.0 Å². The average molecular weight is 385 g/mol. The summed E-state index contributed by atoms with van der Waals surface area (Å²) in [5, 5.41) is 7.98. The van der Waals surface area contributed by atoms with E-state index in [-0.39, 0.29) is 12.5 Å². The lowest BCUT2D eigenvalue weighted by molar-refractivity contribution is -0.115. The van der Waals surface area contributed by atoms with Crippen LogP contribution in [0.25, 0.3) is 0 Å². The quantitative estimate of drug-likeness (QED) is 0.612. The molecule has 3 amide bonds. The van der Waals surface area contributed by atoms with Gasteiger partial charge in [0, 0.05) is 17.4 Å². The molecule has 0 saturated carbocycles. The summed E-state index contributed by atoms with van der Waals surface area (Å²) in [4.78, 5) is 24.1. The molecule has 0 aliphatic rings. The van der Waals surface area contributed by atoms with Crippen molar-refractivity contribution < 1.29 is 19.1 Å². The van der Waals surface area contributed by atoms with E-state index in [1.54, 1.807) is 18.2 Å². The predicted octanol–water partition coefficient (Wildman–Crippen LogP) is 3.81. The molecule has 2 rings (SSSR count). The molecule has 0 aliphatic heterocycles. The Morgan fingerprint density at radius 3 is 2.29 bits per heavy atom. The van der Waals surface area contributed by atoms with Crippen molar-refractivity contribution in [3.8, 4) is 11.5 Å². The molecule has 150 valence electrons. The van der Waals surface area contributed by atoms with Crippen molar-refractivity contribution >= 4 is 23.3 Å². The van der Waals surface area contributed by atoms with Crippen LogP contribution in [0.15, 0.2) is 42.5 Å². The summed E-state index contributed by atoms with van der Waals surface area (Å²) in [7, 11) is 0. The minimum Gasteiger partial charge on any atom is -0.490 e. The van der Waals surface area contributed by atoms with E-state index in [2.05, 4.69) is 16.0 Å². The number of hydrogen-bond donors (Lipinski definition) is 3. The molecule has 28 heavy (non-hydrogen) atoms. The predicted molar refractivity (Wildman–Crippen MR) is 110 cm³/mol. The Hall–Kier alpha value is -3.22. The number of amides is 3. The van der Waals surface area contributed by atoms with Crippen LogP contribution in [-0.4, -0.2) is 31.7 Å². The molecule has 2 aromatic rings. The Kier molecular flexibility index (Phi) is 8.14. The molecule has 0 heterocycles. The molecule has 0 aromatic heterocycles. The van der Waals surface area contributed by atoms with E-state index >= 15 is 0 Å². The van der Waals surface area contributed by atoms with Gasteiger partial charge in [-0.2, -0.15) is 0 Å². The lowest BCUT2D eigenvalue weighted by atomic mass is 10.1. The number of benzene rings is 2. The molecule has 3 N–H and O–H groups in total. The molecule has 0 atom stereocenters. The van der Waals surface area contributed by atoms with Crippen molar-refractivity contribution in [2.24, 2.45) is 0 Å². The Labute approximate surface area is 165 Å². The van der Waals surface area contributed by atoms with Gasteiger partial charge in [0.25, 0.3) is 0 Å². The van der Waals surface area contributed by atoms with Gasteiger partial charge in [-0.25, -0.2) is 4.79 Å². The van der Waals surface area contributed by atoms with Crippen molar-refractivity contribution in [3.05, 3.63) is 48.0 Å². The van der Waals surface area contributed by atoms with Gasteiger partial charge >= 0.3 is 6.03 Å². The van der Waals surface area contributed by atoms with Gasteiger partial charge in [-0.15, -0.1) is 0 Å². The van der Waals surface area contributed by atoms with Gasteiger partial charge in [0.15, 0.2) is 11.5 Å². The molecule has 2 aromatic carbocycles. The first kappa shape index (κ1) is 21.1. The highest BCUT2D eigenvalue weighted by atomic mass is 16.5. The van der Waals surface area contributed by atoms with Crippen molar-refractivity contribution in [1.29, 1.82) is 0 Å². The lowest BCUT2D eigenvalue weighted by Crippen LogP contribution is -2.35. The maximum Gasteiger partial charge on any atom is 0.319 e. The number of anilines is 2. The minimum atomic E-state index is -0.482. The minimum absolute atomic E-state index is 0.141. The topological polar surface area (TPSA) is 88.7 Å². The molecule has 0 radical (unpaired) electrons. The smallest absolute Gasteiger partial charge is 0.319 e. The van der Waals surface area contributed by atoms with Crippen molar-refractivity contribution in [2.45, 2.75) is 27.2 Å². The first-order chi connectivity index (χ1) is 13.5. The van der Waals surface area contributed by atoms with E-state index in [4.69, 9.17) is 9.47 Å². The monoisotopic (exact) mass is 385 g/mol. The number of carbonyl (C=O) groups is 2. The van der Waals surface area contributed by atoms with Crippen LogP contribution in [0.4, 0.5) is 16.2 Å². The zero-order chi connectivity index (χ0) is 20.4. The van der Waals surface area contributed by atoms with Crippen LogP contribution in [0.3, 0.4) is 0 Å². The second-order valence-corrected chi connectivity index (χ2v) is 5.94. The van der Waals surface area contributed by atoms with Crippen LogP contribution in [0, 0.1) is 0 Å². The van der Waals surface area contributed by atoms with E-state index in [9.17, 15) is 9.59 Å². The Bertz CT molecular complexity index is 808. The van der Waals surface area contributed by atoms with Crippen LogP contribution in [0.5, 0.6) is 11.5 Å². The molecular weight excluding hydrogens is 358 g/mol. The molecule has 0 saturated heterocycles. The third-order valence-corrected chi connectivity index (χ3v) is 3.83. The van der Waals surface area contributed by atoms with Crippen LogP contribution in [-0.2, 0) is 11.2 Å². The van der Waals surface area contributed by atoms with Gasteiger partial charge in [-0.1, -0.05) is 19.1 Å². The van der Waals surface area contributed by atoms with Gasteiger partial charge in [-0.3, -0.25) is 4.79 Å². The fourth-order valence-corrected chi connectivity index (χ4v) is 2.54. The third kappa shape index (κ3) is 6.50. The molecular formula is C21H27N3O4. The van der Waals surface area contributed by atoms with Crippen molar-refractivity contribution in [1.82, 2.24) is 5.32 Å². The summed E-state index contributed by atoms with van der Waals surface area (Å²) in [6, 6.07) is 12.2. The summed E-state index contributed by atoms with van der Waals surface area (Å²) < 4.78 is 11.0. The van der Waals surface area contributed by atoms with Crippen LogP contribution >= 0.6 is 0 Å². The van der Waals surface area contributed by atoms with Gasteiger partial charge in [-0.05, 0) is 50.1 Å². The summed E-state index contributed by atoms with van der Waals surface area (Å²) >= 11 is 0. The standard InChI is InChI=1S/C21H27N3O4/c1-4-15-8-7-9-16(12-15)23-20(25)14-22-21(26)24-17-10-11-18(27-5-2)19(13-17)28-6-3/h7-13H,4-6,14H2,1-3H3,(H,23,25)(H2,22,24,26). The molecule has 0 aliphatic carbocycles. The Balaban J connectivity index is 1.87. The van der Waals surface area contributed by atoms with Crippen molar-refractivity contribution in [2.75, 3.05) is 30.4 Å². The fourth-order valence-electron chi connectivity index (χ4n) is 2.54. The maximum absolute atomic E-state index is 12.1. The van der Waals surface area contributed by atoms with E-state index in [0.29, 0.717) is 36.1 Å². The largest absolute Gasteiger partial charge is 0.490 e. The average Bonchev–Trinajstić information content (AvgIpc) is 2.69. The molecule has 7 heteroatoms. The molecule has 0 fully saturated rings. The number of urea groups is 1. The maximum atomic E-state index is 12.1. The highest BCUT2D eigenvalue weighted by molar-refractivity contribution is 5.97. The van der Waals surface area contributed by atoms with E-state index in [1.165, 1.54) is 0 Å². The van der Waals surface area contributed by atoms with Gasteiger partial charge in [0.1, 0.15) is 0 Å². The van der Waals surface area contributed by atoms with E-state index < -0.39 is 6.03 Å². The summed E-state index contributed by atoms with van der Waals surface area (Å²) in [5.74, 6) is 0.866. The van der Waals surface area contributed by atoms with Crippen LogP contribution in [0.2, 0.25) is 0 Å². The van der Waals surface area contributed by atoms with Gasteiger partial charge < -0.3 is 25.4 Å². The first-order valence-electron chi connectivity index (χ1n) is 9.39. The fraction of sp³-hybridized carbons (Fsp3) is 0.333. The van der Waals surface area contributed by atoms with Crippen LogP contribution in [0.1, 0.15) is 26.3 Å². The zero-order valence-electron chi connectivity index (χ0n) is 16.5. The number of hydrogen-bond acceptors (Lipinski definition) is 4. The first-order valence-corrected chi connectivity index (χ1v) is 9.39. The molecule has 0 spiro atoms. The van der Waals surface area contributed by atoms with E-state index in [0.717, 1.165) is 12.0 Å². The molecule has 0 bridgehead atoms. The third-order valence-electron chi connectivity index (χ3n) is 3.83. The normalized spacial score (nSPS) is 10.1. The summed E-state index contributed by atoms with van der Waals surface area (Å²) in [6.07, 6.45) is 0.885. The summed E-state index contributed by atoms with van der Waals surface area (Å²) in [6.45, 7) is 6.66. The summed E-state index contributed by atoms with van der Waals surface area (Å²) in [5.41, 5.74) is 2.38. The van der Waals surface area contributed by atoms with Gasteiger partial charge in [0.05, 0.1) is 19.8 Å². The number of carbonyl (C=O) groups excluding carboxylic acids is 2. The number of ether oxygens (including phenoxy) is 2. The SMILES string of the molecule is CCOc1ccc(NC(=O)NCC(=O)Nc2cccc(CC)c2)cc1OCC. The number of rotatable bonds is 9. The second-order valence-electron chi connectivity index (χ2n) is 5.94. The molecule has 0 unspecified atom stereocenters. The number of aryl methyl sites for hydroxylation is 1. The van der Waals surface area contributed by atoms with Crippen LogP contribution < -0.4 is 25.4 Å². The van der Waals surface area contributed by atoms with Crippen molar-refractivity contribution in [3.63, 3.8) is 0 Å². The number of nitrogens with one attached hydrogen (secondary N) is 3. The highest BCUT2D eigenvalue weighted by Crippen LogP contribution is 2.30. The second kappa shape index (κ2) is 10.8. The molecule has 7 nitrogen and oxygen atoms in total. The zero-order valence-corrected chi connectivity index (χ0v) is 16.5. The van der Waals surface area contributed by atoms with Gasteiger partial charge in [0.2, 0.25) is 5.91 Å². The Morgan fingerprint density at radius 1 is 0.857 bits per heavy atom. The Morgan fingerprint density at radius 2 is 1.57 bits per heavy atom. The highest BCUT2D eigenvalue weighted by Gasteiger charge is 2.10.